The van der Waals surface area contributed by atoms with Crippen LogP contribution >= 0.6 is 15.9 Å². The van der Waals surface area contributed by atoms with Crippen molar-refractivity contribution < 1.29 is 17.9 Å². The van der Waals surface area contributed by atoms with Crippen molar-refractivity contribution in [2.45, 2.75) is 45.5 Å². The Bertz CT molecular complexity index is 481. The fourth-order valence-corrected chi connectivity index (χ4v) is 3.17. The molecular weight excluding hydrogens is 347 g/mol. The van der Waals surface area contributed by atoms with Crippen molar-refractivity contribution in [3.63, 3.8) is 0 Å². The highest BCUT2D eigenvalue weighted by Gasteiger charge is 2.34. The Morgan fingerprint density at radius 3 is 2.52 bits per heavy atom. The van der Waals surface area contributed by atoms with E-state index in [4.69, 9.17) is 0 Å². The van der Waals surface area contributed by atoms with Crippen molar-refractivity contribution in [1.82, 2.24) is 5.32 Å². The second kappa shape index (κ2) is 6.57. The fourth-order valence-electron chi connectivity index (χ4n) is 2.67. The fraction of sp³-hybridized carbons (Fsp3) is 0.600. The molecule has 1 aromatic rings. The van der Waals surface area contributed by atoms with E-state index in [0.29, 0.717) is 16.4 Å². The second-order valence-corrected chi connectivity index (χ2v) is 6.48. The van der Waals surface area contributed by atoms with Gasteiger partial charge >= 0.3 is 6.36 Å². The maximum atomic E-state index is 12.2. The lowest BCUT2D eigenvalue weighted by molar-refractivity contribution is -0.274. The molecule has 0 atom stereocenters. The average Bonchev–Trinajstić information content (AvgIpc) is 2.34. The molecule has 0 aliphatic heterocycles. The Morgan fingerprint density at radius 1 is 1.33 bits per heavy atom. The highest BCUT2D eigenvalue weighted by molar-refractivity contribution is 9.10. The summed E-state index contributed by atoms with van der Waals surface area (Å²) in [6.07, 6.45) is 0.323. The zero-order chi connectivity index (χ0) is 15.5. The standard InChI is InChI=1S/C15H19BrF3NO/c1-2-14(6-3-7-14)10-20-9-11-4-5-13(12(16)8-11)21-15(17,18)19/h4-5,8,20H,2-3,6-7,9-10H2,1H3. The summed E-state index contributed by atoms with van der Waals surface area (Å²) >= 11 is 3.12. The first-order chi connectivity index (χ1) is 9.84. The summed E-state index contributed by atoms with van der Waals surface area (Å²) in [6, 6.07) is 4.65. The van der Waals surface area contributed by atoms with Crippen LogP contribution in [0.3, 0.4) is 0 Å². The Hall–Kier alpha value is -0.750. The van der Waals surface area contributed by atoms with E-state index < -0.39 is 6.36 Å². The molecule has 1 saturated carbocycles. The molecule has 0 saturated heterocycles. The quantitative estimate of drug-likeness (QED) is 0.764. The first-order valence-corrected chi connectivity index (χ1v) is 7.88. The summed E-state index contributed by atoms with van der Waals surface area (Å²) in [4.78, 5) is 0. The summed E-state index contributed by atoms with van der Waals surface area (Å²) in [5.74, 6) is -0.213. The minimum Gasteiger partial charge on any atom is -0.405 e. The Morgan fingerprint density at radius 2 is 2.05 bits per heavy atom. The van der Waals surface area contributed by atoms with Crippen LogP contribution in [0.1, 0.15) is 38.2 Å². The normalized spacial score (nSPS) is 17.4. The number of alkyl halides is 3. The molecule has 6 heteroatoms. The molecule has 118 valence electrons. The smallest absolute Gasteiger partial charge is 0.405 e. The van der Waals surface area contributed by atoms with Crippen LogP contribution in [0.4, 0.5) is 13.2 Å². The molecule has 0 aromatic heterocycles. The average molecular weight is 366 g/mol. The van der Waals surface area contributed by atoms with E-state index in [9.17, 15) is 13.2 Å². The lowest BCUT2D eigenvalue weighted by Crippen LogP contribution is -2.39. The van der Waals surface area contributed by atoms with Crippen molar-refractivity contribution in [2.24, 2.45) is 5.41 Å². The van der Waals surface area contributed by atoms with Gasteiger partial charge < -0.3 is 10.1 Å². The van der Waals surface area contributed by atoms with Crippen LogP contribution in [0.25, 0.3) is 0 Å². The Kier molecular flexibility index (Phi) is 5.20. The summed E-state index contributed by atoms with van der Waals surface area (Å²) in [6.45, 7) is 3.81. The Labute approximate surface area is 131 Å². The molecule has 0 spiro atoms. The molecule has 1 aliphatic carbocycles. The van der Waals surface area contributed by atoms with Crippen molar-refractivity contribution >= 4 is 15.9 Å². The molecule has 2 nitrogen and oxygen atoms in total. The molecule has 0 radical (unpaired) electrons. The van der Waals surface area contributed by atoms with Gasteiger partial charge in [-0.1, -0.05) is 19.4 Å². The number of rotatable bonds is 6. The number of hydrogen-bond donors (Lipinski definition) is 1. The summed E-state index contributed by atoms with van der Waals surface area (Å²) in [7, 11) is 0. The van der Waals surface area contributed by atoms with E-state index in [1.54, 1.807) is 12.1 Å². The van der Waals surface area contributed by atoms with Gasteiger partial charge in [-0.25, -0.2) is 0 Å². The topological polar surface area (TPSA) is 21.3 Å². The van der Waals surface area contributed by atoms with Gasteiger partial charge in [0.05, 0.1) is 4.47 Å². The third kappa shape index (κ3) is 4.61. The van der Waals surface area contributed by atoms with E-state index in [1.807, 2.05) is 0 Å². The lowest BCUT2D eigenvalue weighted by atomic mass is 9.67. The predicted molar refractivity (Wildman–Crippen MR) is 79.1 cm³/mol. The SMILES string of the molecule is CCC1(CNCc2ccc(OC(F)(F)F)c(Br)c2)CCC1. The van der Waals surface area contributed by atoms with Crippen molar-refractivity contribution in [1.29, 1.82) is 0 Å². The van der Waals surface area contributed by atoms with Gasteiger partial charge in [0.1, 0.15) is 5.75 Å². The Balaban J connectivity index is 1.88. The molecule has 0 amide bonds. The number of nitrogens with one attached hydrogen (secondary N) is 1. The molecule has 0 heterocycles. The molecule has 2 rings (SSSR count). The molecule has 1 aromatic carbocycles. The van der Waals surface area contributed by atoms with Crippen LogP contribution in [0, 0.1) is 5.41 Å². The highest BCUT2D eigenvalue weighted by atomic mass is 79.9. The highest BCUT2D eigenvalue weighted by Crippen LogP contribution is 2.43. The molecule has 1 aliphatic rings. The minimum atomic E-state index is -4.67. The van der Waals surface area contributed by atoms with Crippen LogP contribution in [0.2, 0.25) is 0 Å². The van der Waals surface area contributed by atoms with Crippen LogP contribution in [0.5, 0.6) is 5.75 Å². The van der Waals surface area contributed by atoms with Crippen LogP contribution in [0.15, 0.2) is 22.7 Å². The number of hydrogen-bond acceptors (Lipinski definition) is 2. The monoisotopic (exact) mass is 365 g/mol. The van der Waals surface area contributed by atoms with Gasteiger partial charge in [0, 0.05) is 13.1 Å². The van der Waals surface area contributed by atoms with Gasteiger partial charge in [0.15, 0.2) is 0 Å². The van der Waals surface area contributed by atoms with Crippen molar-refractivity contribution in [2.75, 3.05) is 6.54 Å². The second-order valence-electron chi connectivity index (χ2n) is 5.62. The van der Waals surface area contributed by atoms with Crippen LogP contribution in [-0.4, -0.2) is 12.9 Å². The van der Waals surface area contributed by atoms with E-state index in [1.165, 1.54) is 31.7 Å². The van der Waals surface area contributed by atoms with Crippen molar-refractivity contribution in [3.8, 4) is 5.75 Å². The van der Waals surface area contributed by atoms with Crippen LogP contribution in [-0.2, 0) is 6.54 Å². The van der Waals surface area contributed by atoms with E-state index >= 15 is 0 Å². The zero-order valence-corrected chi connectivity index (χ0v) is 13.5. The maximum Gasteiger partial charge on any atom is 0.573 e. The molecule has 0 bridgehead atoms. The first-order valence-electron chi connectivity index (χ1n) is 7.08. The summed E-state index contributed by atoms with van der Waals surface area (Å²) in [5.41, 5.74) is 1.36. The van der Waals surface area contributed by atoms with E-state index in [0.717, 1.165) is 12.1 Å². The van der Waals surface area contributed by atoms with Gasteiger partial charge in [-0.05, 0) is 58.3 Å². The summed E-state index contributed by atoms with van der Waals surface area (Å²) < 4.78 is 40.8. The third-order valence-electron chi connectivity index (χ3n) is 4.22. The minimum absolute atomic E-state index is 0.213. The molecule has 1 fully saturated rings. The van der Waals surface area contributed by atoms with Gasteiger partial charge in [-0.15, -0.1) is 13.2 Å². The number of ether oxygens (including phenoxy) is 1. The molecule has 0 unspecified atom stereocenters. The van der Waals surface area contributed by atoms with E-state index in [-0.39, 0.29) is 5.75 Å². The predicted octanol–water partition coefficient (Wildman–Crippen LogP) is 5.02. The van der Waals surface area contributed by atoms with Crippen LogP contribution < -0.4 is 10.1 Å². The zero-order valence-electron chi connectivity index (χ0n) is 11.9. The van der Waals surface area contributed by atoms with E-state index in [2.05, 4.69) is 32.9 Å². The molecule has 21 heavy (non-hydrogen) atoms. The largest absolute Gasteiger partial charge is 0.573 e. The van der Waals surface area contributed by atoms with Gasteiger partial charge in [0.25, 0.3) is 0 Å². The first kappa shape index (κ1) is 16.6. The molecule has 1 N–H and O–H groups in total. The molecular formula is C15H19BrF3NO. The van der Waals surface area contributed by atoms with Gasteiger partial charge in [0.2, 0.25) is 0 Å². The third-order valence-corrected chi connectivity index (χ3v) is 4.84. The number of halogens is 4. The van der Waals surface area contributed by atoms with Gasteiger partial charge in [-0.3, -0.25) is 0 Å². The summed E-state index contributed by atoms with van der Waals surface area (Å²) in [5, 5.41) is 3.41. The maximum absolute atomic E-state index is 12.2. The van der Waals surface area contributed by atoms with Crippen molar-refractivity contribution in [3.05, 3.63) is 28.2 Å². The van der Waals surface area contributed by atoms with Gasteiger partial charge in [-0.2, -0.15) is 0 Å². The lowest BCUT2D eigenvalue weighted by Gasteiger charge is -2.41. The number of benzene rings is 1.